The zero-order valence-corrected chi connectivity index (χ0v) is 14.7. The van der Waals surface area contributed by atoms with Crippen molar-refractivity contribution in [2.75, 3.05) is 27.2 Å². The molecule has 0 atom stereocenters. The van der Waals surface area contributed by atoms with Gasteiger partial charge in [-0.05, 0) is 25.5 Å². The van der Waals surface area contributed by atoms with E-state index in [2.05, 4.69) is 99.4 Å². The van der Waals surface area contributed by atoms with Crippen molar-refractivity contribution in [3.8, 4) is 0 Å². The maximum atomic E-state index is 2.26. The molecule has 0 saturated carbocycles. The van der Waals surface area contributed by atoms with E-state index in [1.807, 2.05) is 6.07 Å². The molecule has 120 valence electrons. The number of nitrogens with zero attached hydrogens (tertiary/aromatic N) is 2. The minimum atomic E-state index is 0.907. The number of rotatable bonds is 6. The third-order valence-corrected chi connectivity index (χ3v) is 4.37. The second-order valence-corrected chi connectivity index (χ2v) is 6.22. The highest BCUT2D eigenvalue weighted by atomic mass is 15.3. The van der Waals surface area contributed by atoms with Crippen molar-refractivity contribution in [3.63, 3.8) is 0 Å². The van der Waals surface area contributed by atoms with Gasteiger partial charge < -0.3 is 0 Å². The quantitative estimate of drug-likeness (QED) is 0.412. The Morgan fingerprint density at radius 2 is 1.57 bits per heavy atom. The van der Waals surface area contributed by atoms with Gasteiger partial charge in [0.25, 0.3) is 0 Å². The highest BCUT2D eigenvalue weighted by Gasteiger charge is 2.17. The molecular weight excluding hydrogens is 280 g/mol. The molecule has 0 heterocycles. The van der Waals surface area contributed by atoms with Crippen LogP contribution in [-0.2, 0) is 0 Å². The monoisotopic (exact) mass is 308 g/mol. The Hall–Kier alpha value is -2.19. The molecule has 0 spiro atoms. The van der Waals surface area contributed by atoms with E-state index in [4.69, 9.17) is 0 Å². The summed E-state index contributed by atoms with van der Waals surface area (Å²) >= 11 is 0. The van der Waals surface area contributed by atoms with Crippen molar-refractivity contribution in [2.45, 2.75) is 13.8 Å². The molecule has 0 amide bonds. The molecule has 2 rings (SSSR count). The fourth-order valence-electron chi connectivity index (χ4n) is 2.43. The Kier molecular flexibility index (Phi) is 5.89. The lowest BCUT2D eigenvalue weighted by atomic mass is 10.2. The predicted molar refractivity (Wildman–Crippen MR) is 103 cm³/mol. The van der Waals surface area contributed by atoms with Crippen molar-refractivity contribution < 1.29 is 4.58 Å². The van der Waals surface area contributed by atoms with Gasteiger partial charge in [-0.3, -0.25) is 4.48 Å². The first-order valence-electron chi connectivity index (χ1n) is 8.33. The average molecular weight is 308 g/mol. The fraction of sp³-hybridized carbons (Fsp3) is 0.286. The van der Waals surface area contributed by atoms with Crippen LogP contribution >= 0.6 is 0 Å². The summed E-state index contributed by atoms with van der Waals surface area (Å²) in [6, 6.07) is 19.3. The van der Waals surface area contributed by atoms with Crippen LogP contribution in [0.4, 0.5) is 11.4 Å². The Labute approximate surface area is 140 Å². The first-order chi connectivity index (χ1) is 11.1. The highest BCUT2D eigenvalue weighted by Crippen LogP contribution is 2.22. The standard InChI is InChI=1S/C21H28N2/c1-5-22(18-10-13-19-11-8-7-9-12-19)20-14-16-21(17-15-20)23(3,4)6-2/h7-18H,5-6H2,1-4H3/q+2/b13-10+,22-18?. The van der Waals surface area contributed by atoms with Gasteiger partial charge in [-0.1, -0.05) is 30.3 Å². The molecule has 2 aromatic rings. The van der Waals surface area contributed by atoms with Crippen molar-refractivity contribution in [2.24, 2.45) is 0 Å². The van der Waals surface area contributed by atoms with Gasteiger partial charge in [0.1, 0.15) is 12.2 Å². The lowest BCUT2D eigenvalue weighted by molar-refractivity contribution is -0.430. The summed E-state index contributed by atoms with van der Waals surface area (Å²) in [6.45, 7) is 6.43. The van der Waals surface area contributed by atoms with E-state index in [0.717, 1.165) is 17.6 Å². The van der Waals surface area contributed by atoms with Gasteiger partial charge in [-0.25, -0.2) is 0 Å². The number of benzene rings is 2. The molecule has 0 aliphatic heterocycles. The van der Waals surface area contributed by atoms with Crippen molar-refractivity contribution in [1.29, 1.82) is 0 Å². The first-order valence-corrected chi connectivity index (χ1v) is 8.33. The third kappa shape index (κ3) is 4.64. The van der Waals surface area contributed by atoms with Crippen molar-refractivity contribution in [3.05, 3.63) is 66.2 Å². The number of hydrogen-bond acceptors (Lipinski definition) is 0. The van der Waals surface area contributed by atoms with Gasteiger partial charge in [0.2, 0.25) is 5.69 Å². The number of quaternary nitrogens is 1. The number of hydrogen-bond donors (Lipinski definition) is 0. The molecule has 2 heteroatoms. The fourth-order valence-corrected chi connectivity index (χ4v) is 2.43. The van der Waals surface area contributed by atoms with Gasteiger partial charge in [0, 0.05) is 30.3 Å². The molecule has 0 fully saturated rings. The van der Waals surface area contributed by atoms with Crippen LogP contribution in [0.5, 0.6) is 0 Å². The smallest absolute Gasteiger partial charge is 0.205 e. The maximum absolute atomic E-state index is 2.26. The largest absolute Gasteiger partial charge is 0.296 e. The second kappa shape index (κ2) is 7.89. The van der Waals surface area contributed by atoms with E-state index in [1.165, 1.54) is 16.9 Å². The summed E-state index contributed by atoms with van der Waals surface area (Å²) < 4.78 is 3.17. The SMILES string of the molecule is CC[N+](=C/C=C/c1ccccc1)c1ccc([N+](C)(C)CC)cc1. The Morgan fingerprint density at radius 3 is 2.13 bits per heavy atom. The Bertz CT molecular complexity index is 665. The van der Waals surface area contributed by atoms with Crippen LogP contribution in [0.2, 0.25) is 0 Å². The van der Waals surface area contributed by atoms with E-state index in [1.54, 1.807) is 0 Å². The molecule has 0 aliphatic carbocycles. The van der Waals surface area contributed by atoms with Crippen molar-refractivity contribution in [1.82, 2.24) is 4.48 Å². The molecule has 2 aromatic carbocycles. The zero-order valence-electron chi connectivity index (χ0n) is 14.7. The van der Waals surface area contributed by atoms with Gasteiger partial charge in [-0.15, -0.1) is 0 Å². The minimum absolute atomic E-state index is 0.907. The van der Waals surface area contributed by atoms with Crippen LogP contribution in [0.15, 0.2) is 60.7 Å². The van der Waals surface area contributed by atoms with Crippen LogP contribution < -0.4 is 4.48 Å². The van der Waals surface area contributed by atoms with E-state index in [-0.39, 0.29) is 0 Å². The molecule has 0 aromatic heterocycles. The Morgan fingerprint density at radius 1 is 0.913 bits per heavy atom. The lowest BCUT2D eigenvalue weighted by Crippen LogP contribution is -2.39. The molecular formula is C21H28N2+2. The summed E-state index contributed by atoms with van der Waals surface area (Å²) in [7, 11) is 4.47. The summed E-state index contributed by atoms with van der Waals surface area (Å²) in [5, 5.41) is 0. The minimum Gasteiger partial charge on any atom is -0.296 e. The van der Waals surface area contributed by atoms with Gasteiger partial charge in [0.15, 0.2) is 6.21 Å². The molecule has 0 bridgehead atoms. The van der Waals surface area contributed by atoms with Crippen molar-refractivity contribution >= 4 is 23.7 Å². The topological polar surface area (TPSA) is 3.01 Å². The van der Waals surface area contributed by atoms with Crippen LogP contribution in [0.3, 0.4) is 0 Å². The summed E-state index contributed by atoms with van der Waals surface area (Å²) in [5.41, 5.74) is 3.79. The van der Waals surface area contributed by atoms with Crippen LogP contribution in [0.1, 0.15) is 19.4 Å². The second-order valence-electron chi connectivity index (χ2n) is 6.22. The molecule has 0 radical (unpaired) electrons. The molecule has 23 heavy (non-hydrogen) atoms. The summed E-state index contributed by atoms with van der Waals surface area (Å²) in [6.07, 6.45) is 6.38. The zero-order chi connectivity index (χ0) is 16.7. The number of allylic oxidation sites excluding steroid dienone is 1. The lowest BCUT2D eigenvalue weighted by Gasteiger charge is -2.27. The summed E-state index contributed by atoms with van der Waals surface area (Å²) in [5.74, 6) is 0. The van der Waals surface area contributed by atoms with E-state index < -0.39 is 0 Å². The molecule has 2 nitrogen and oxygen atoms in total. The van der Waals surface area contributed by atoms with Gasteiger partial charge >= 0.3 is 0 Å². The normalized spacial score (nSPS) is 12.8. The third-order valence-electron chi connectivity index (χ3n) is 4.37. The highest BCUT2D eigenvalue weighted by molar-refractivity contribution is 5.75. The van der Waals surface area contributed by atoms with Crippen LogP contribution in [0, 0.1) is 0 Å². The maximum Gasteiger partial charge on any atom is 0.205 e. The van der Waals surface area contributed by atoms with Crippen LogP contribution in [-0.4, -0.2) is 38.0 Å². The molecule has 0 aliphatic rings. The predicted octanol–water partition coefficient (Wildman–Crippen LogP) is 4.72. The average Bonchev–Trinajstić information content (AvgIpc) is 2.60. The van der Waals surface area contributed by atoms with Crippen LogP contribution in [0.25, 0.3) is 6.08 Å². The van der Waals surface area contributed by atoms with E-state index >= 15 is 0 Å². The van der Waals surface area contributed by atoms with E-state index in [9.17, 15) is 0 Å². The Balaban J connectivity index is 2.17. The molecule has 0 N–H and O–H groups in total. The molecule has 0 saturated heterocycles. The van der Waals surface area contributed by atoms with E-state index in [0.29, 0.717) is 0 Å². The summed E-state index contributed by atoms with van der Waals surface area (Å²) in [4.78, 5) is 0. The first kappa shape index (κ1) is 17.2. The van der Waals surface area contributed by atoms with Gasteiger partial charge in [0.05, 0.1) is 20.6 Å². The van der Waals surface area contributed by atoms with Gasteiger partial charge in [-0.2, -0.15) is 4.58 Å². The molecule has 0 unspecified atom stereocenters.